The van der Waals surface area contributed by atoms with Crippen LogP contribution in [0.3, 0.4) is 0 Å². The molecular formula is C37H59N2O14P. The summed E-state index contributed by atoms with van der Waals surface area (Å²) >= 11 is 0. The highest BCUT2D eigenvalue weighted by molar-refractivity contribution is 7.54. The molecule has 306 valence electrons. The first-order chi connectivity index (χ1) is 24.6. The van der Waals surface area contributed by atoms with Gasteiger partial charge < -0.3 is 32.7 Å². The lowest BCUT2D eigenvalue weighted by Gasteiger charge is -2.47. The number of hydrogen-bond donors (Lipinski definition) is 1. The normalized spacial score (nSPS) is 21.8. The Morgan fingerprint density at radius 1 is 0.722 bits per heavy atom. The molecule has 1 heterocycles. The van der Waals surface area contributed by atoms with E-state index in [-0.39, 0.29) is 24.5 Å². The minimum absolute atomic E-state index is 0.0710. The summed E-state index contributed by atoms with van der Waals surface area (Å²) in [7, 11) is -4.24. The minimum atomic E-state index is -4.24. The van der Waals surface area contributed by atoms with Gasteiger partial charge in [-0.25, -0.2) is 0 Å². The molecule has 17 heteroatoms. The fraction of sp³-hybridized carbons (Fsp3) is 0.730. The van der Waals surface area contributed by atoms with Crippen LogP contribution in [0, 0.1) is 31.8 Å². The third kappa shape index (κ3) is 12.6. The number of ether oxygens (including phenoxy) is 5. The van der Waals surface area contributed by atoms with Gasteiger partial charge >= 0.3 is 31.5 Å². The number of carbonyl (C=O) groups is 4. The van der Waals surface area contributed by atoms with Gasteiger partial charge in [-0.15, -0.1) is 0 Å². The van der Waals surface area contributed by atoms with Gasteiger partial charge in [0.2, 0.25) is 0 Å². The lowest BCUT2D eigenvalue weighted by atomic mass is 9.92. The van der Waals surface area contributed by atoms with Crippen LogP contribution in [0.25, 0.3) is 0 Å². The fourth-order valence-corrected chi connectivity index (χ4v) is 6.67. The summed E-state index contributed by atoms with van der Waals surface area (Å²) < 4.78 is 56.3. The Morgan fingerprint density at radius 2 is 1.13 bits per heavy atom. The lowest BCUT2D eigenvalue weighted by Crippen LogP contribution is -2.66. The molecule has 1 aliphatic rings. The second kappa shape index (κ2) is 18.0. The van der Waals surface area contributed by atoms with E-state index < -0.39 is 101 Å². The van der Waals surface area contributed by atoms with Crippen LogP contribution >= 0.6 is 7.60 Å². The largest absolute Gasteiger partial charge is 0.462 e. The molecule has 6 atom stereocenters. The van der Waals surface area contributed by atoms with Crippen LogP contribution in [0.5, 0.6) is 0 Å². The SMILES string of the molecule is CCOP(=O)(OCC)[C@H](N[C@@H]1O[C@H](COC(=O)C(C)(C)C)[C@H](OC(=O)C(C)(C)C)[C@H](OC(=O)C(C)(C)C)[C@H]1OC(=O)C(C)(C)C)c1ccc([N+](=O)[O-])cc1. The Hall–Kier alpha value is -3.43. The van der Waals surface area contributed by atoms with Gasteiger partial charge in [0.05, 0.1) is 39.8 Å². The van der Waals surface area contributed by atoms with Crippen LogP contribution in [0.15, 0.2) is 24.3 Å². The van der Waals surface area contributed by atoms with Crippen LogP contribution in [0.4, 0.5) is 5.69 Å². The number of non-ortho nitro benzene ring substituents is 1. The molecule has 0 spiro atoms. The molecule has 1 fully saturated rings. The van der Waals surface area contributed by atoms with Gasteiger partial charge in [0.25, 0.3) is 5.69 Å². The number of nitrogens with zero attached hydrogens (tertiary/aromatic N) is 1. The number of nitrogens with one attached hydrogen (secondary N) is 1. The predicted molar refractivity (Wildman–Crippen MR) is 197 cm³/mol. The average molecular weight is 787 g/mol. The van der Waals surface area contributed by atoms with E-state index in [9.17, 15) is 33.9 Å². The van der Waals surface area contributed by atoms with Crippen molar-refractivity contribution in [1.29, 1.82) is 0 Å². The Balaban J connectivity index is 2.96. The van der Waals surface area contributed by atoms with Crippen molar-refractivity contribution in [2.45, 2.75) is 133 Å². The van der Waals surface area contributed by atoms with Crippen LogP contribution in [-0.2, 0) is 56.5 Å². The van der Waals surface area contributed by atoms with Crippen LogP contribution in [-0.4, -0.2) is 79.3 Å². The van der Waals surface area contributed by atoms with Crippen molar-refractivity contribution in [3.63, 3.8) is 0 Å². The first kappa shape index (κ1) is 46.7. The predicted octanol–water partition coefficient (Wildman–Crippen LogP) is 6.64. The van der Waals surface area contributed by atoms with E-state index in [4.69, 9.17) is 32.7 Å². The third-order valence-corrected chi connectivity index (χ3v) is 10.2. The van der Waals surface area contributed by atoms with Crippen molar-refractivity contribution in [2.75, 3.05) is 19.8 Å². The molecule has 1 N–H and O–H groups in total. The van der Waals surface area contributed by atoms with Crippen molar-refractivity contribution in [3.05, 3.63) is 39.9 Å². The fourth-order valence-electron chi connectivity index (χ4n) is 4.71. The van der Waals surface area contributed by atoms with Gasteiger partial charge in [-0.3, -0.25) is 39.2 Å². The highest BCUT2D eigenvalue weighted by Gasteiger charge is 2.56. The molecule has 1 aromatic rings. The minimum Gasteiger partial charge on any atom is -0.462 e. The molecule has 0 aliphatic carbocycles. The molecule has 0 unspecified atom stereocenters. The highest BCUT2D eigenvalue weighted by Crippen LogP contribution is 2.60. The second-order valence-corrected chi connectivity index (χ2v) is 19.2. The summed E-state index contributed by atoms with van der Waals surface area (Å²) in [5, 5.41) is 14.6. The maximum absolute atomic E-state index is 14.6. The van der Waals surface area contributed by atoms with E-state index in [1.165, 1.54) is 24.3 Å². The van der Waals surface area contributed by atoms with Gasteiger partial charge in [-0.2, -0.15) is 0 Å². The molecular weight excluding hydrogens is 727 g/mol. The molecule has 0 amide bonds. The van der Waals surface area contributed by atoms with Crippen LogP contribution < -0.4 is 5.32 Å². The average Bonchev–Trinajstić information content (AvgIpc) is 3.03. The molecule has 0 bridgehead atoms. The van der Waals surface area contributed by atoms with Gasteiger partial charge in [-0.05, 0) is 115 Å². The van der Waals surface area contributed by atoms with Crippen LogP contribution in [0.1, 0.15) is 108 Å². The van der Waals surface area contributed by atoms with Crippen molar-refractivity contribution >= 4 is 37.2 Å². The molecule has 54 heavy (non-hydrogen) atoms. The summed E-state index contributed by atoms with van der Waals surface area (Å²) in [6.07, 6.45) is -7.61. The highest BCUT2D eigenvalue weighted by atomic mass is 31.2. The van der Waals surface area contributed by atoms with Gasteiger partial charge in [0.1, 0.15) is 18.5 Å². The molecule has 1 aromatic carbocycles. The zero-order valence-corrected chi connectivity index (χ0v) is 34.9. The van der Waals surface area contributed by atoms with Crippen molar-refractivity contribution < 1.29 is 61.4 Å². The number of esters is 4. The van der Waals surface area contributed by atoms with E-state index >= 15 is 0 Å². The van der Waals surface area contributed by atoms with Gasteiger partial charge in [0, 0.05) is 12.1 Å². The molecule has 0 radical (unpaired) electrons. The number of benzene rings is 1. The zero-order chi connectivity index (χ0) is 41.6. The first-order valence-electron chi connectivity index (χ1n) is 17.9. The number of carbonyl (C=O) groups excluding carboxylic acids is 4. The third-order valence-electron chi connectivity index (χ3n) is 7.87. The zero-order valence-electron chi connectivity index (χ0n) is 34.0. The number of hydrogen-bond acceptors (Lipinski definition) is 15. The number of rotatable bonds is 14. The van der Waals surface area contributed by atoms with Gasteiger partial charge in [0.15, 0.2) is 24.5 Å². The molecule has 1 aliphatic heterocycles. The summed E-state index contributed by atoms with van der Waals surface area (Å²) in [6, 6.07) is 5.12. The summed E-state index contributed by atoms with van der Waals surface area (Å²) in [4.78, 5) is 64.8. The summed E-state index contributed by atoms with van der Waals surface area (Å²) in [5.41, 5.74) is -4.27. The lowest BCUT2D eigenvalue weighted by molar-refractivity contribution is -0.384. The maximum atomic E-state index is 14.6. The Kier molecular flexibility index (Phi) is 15.6. The first-order valence-corrected chi connectivity index (χ1v) is 19.5. The topological polar surface area (TPSA) is 205 Å². The number of nitro groups is 1. The van der Waals surface area contributed by atoms with E-state index in [1.807, 2.05) is 0 Å². The van der Waals surface area contributed by atoms with E-state index in [0.717, 1.165) is 0 Å². The van der Waals surface area contributed by atoms with Gasteiger partial charge in [-0.1, -0.05) is 0 Å². The molecule has 0 aromatic heterocycles. The van der Waals surface area contributed by atoms with E-state index in [2.05, 4.69) is 5.32 Å². The molecule has 2 rings (SSSR count). The Morgan fingerprint density at radius 3 is 1.52 bits per heavy atom. The molecule has 0 saturated carbocycles. The number of nitro benzene ring substituents is 1. The van der Waals surface area contributed by atoms with Crippen molar-refractivity contribution in [3.8, 4) is 0 Å². The monoisotopic (exact) mass is 786 g/mol. The smallest absolute Gasteiger partial charge is 0.352 e. The van der Waals surface area contributed by atoms with Crippen molar-refractivity contribution in [2.24, 2.45) is 21.7 Å². The van der Waals surface area contributed by atoms with Crippen LogP contribution in [0.2, 0.25) is 0 Å². The standard InChI is InChI=1S/C37H59N2O14P/c1-15-48-54(46,49-16-2)29(22-17-19-23(20-18-22)39(44)45)38-28-27(53-33(43)37(12,13)14)26(52-32(42)36(9,10)11)25(51-31(41)35(6,7)8)24(50-28)21-47-30(40)34(3,4)5/h17-20,24-29,38H,15-16,21H2,1-14H3/t24-,25+,26+,27-,28-,29+/m1/s1. The quantitative estimate of drug-likeness (QED) is 0.0690. The van der Waals surface area contributed by atoms with E-state index in [1.54, 1.807) is 96.9 Å². The Bertz CT molecular complexity index is 1530. The van der Waals surface area contributed by atoms with Crippen molar-refractivity contribution in [1.82, 2.24) is 5.32 Å². The Labute approximate surface area is 318 Å². The van der Waals surface area contributed by atoms with E-state index in [0.29, 0.717) is 0 Å². The maximum Gasteiger partial charge on any atom is 0.352 e. The molecule has 1 saturated heterocycles. The molecule has 16 nitrogen and oxygen atoms in total. The summed E-state index contributed by atoms with van der Waals surface area (Å²) in [5.74, 6) is -4.30. The second-order valence-electron chi connectivity index (χ2n) is 17.1. The summed E-state index contributed by atoms with van der Waals surface area (Å²) in [6.45, 7) is 21.9.